The lowest BCUT2D eigenvalue weighted by Gasteiger charge is -2.26. The van der Waals surface area contributed by atoms with Crippen molar-refractivity contribution in [2.24, 2.45) is 0 Å². The van der Waals surface area contributed by atoms with E-state index in [0.717, 1.165) is 24.3 Å². The van der Waals surface area contributed by atoms with E-state index in [9.17, 15) is 8.60 Å². The van der Waals surface area contributed by atoms with Crippen molar-refractivity contribution in [2.75, 3.05) is 11.5 Å². The molecule has 1 heterocycles. The first-order chi connectivity index (χ1) is 8.16. The predicted molar refractivity (Wildman–Crippen MR) is 68.8 cm³/mol. The highest BCUT2D eigenvalue weighted by molar-refractivity contribution is 7.85. The molecule has 0 aromatic heterocycles. The molecule has 1 aromatic rings. The Morgan fingerprint density at radius 3 is 2.65 bits per heavy atom. The molecule has 0 aliphatic carbocycles. The lowest BCUT2D eigenvalue weighted by Crippen LogP contribution is -2.37. The standard InChI is InChI=1S/C13H18FNOS/c1-10(12-4-2-3-5-13(12)14)15-11-6-8-17(16)9-7-11/h2-5,10-11,15H,6-9H2,1H3/t10-,11?,17?/m1/s1. The molecule has 1 saturated heterocycles. The van der Waals surface area contributed by atoms with Crippen molar-refractivity contribution in [2.45, 2.75) is 31.8 Å². The minimum atomic E-state index is -0.639. The van der Waals surface area contributed by atoms with Crippen LogP contribution >= 0.6 is 0 Å². The second kappa shape index (κ2) is 5.74. The minimum absolute atomic E-state index is 0.00716. The first-order valence-corrected chi connectivity index (χ1v) is 7.51. The van der Waals surface area contributed by atoms with Gasteiger partial charge < -0.3 is 5.32 Å². The van der Waals surface area contributed by atoms with Crippen LogP contribution in [0.15, 0.2) is 24.3 Å². The maximum atomic E-state index is 13.6. The number of halogens is 1. The van der Waals surface area contributed by atoms with Gasteiger partial charge in [-0.2, -0.15) is 0 Å². The van der Waals surface area contributed by atoms with Gasteiger partial charge in [-0.3, -0.25) is 4.21 Å². The molecule has 1 aliphatic rings. The van der Waals surface area contributed by atoms with Crippen LogP contribution < -0.4 is 5.32 Å². The summed E-state index contributed by atoms with van der Waals surface area (Å²) in [7, 11) is -0.639. The van der Waals surface area contributed by atoms with Crippen molar-refractivity contribution < 1.29 is 8.60 Å². The van der Waals surface area contributed by atoms with E-state index in [1.807, 2.05) is 19.1 Å². The number of nitrogens with one attached hydrogen (secondary N) is 1. The fraction of sp³-hybridized carbons (Fsp3) is 0.538. The molecule has 94 valence electrons. The van der Waals surface area contributed by atoms with Crippen LogP contribution in [0, 0.1) is 5.82 Å². The average Bonchev–Trinajstić information content (AvgIpc) is 2.32. The summed E-state index contributed by atoms with van der Waals surface area (Å²) in [4.78, 5) is 0. The Bertz CT molecular complexity index is 400. The molecular formula is C13H18FNOS. The van der Waals surface area contributed by atoms with Gasteiger partial charge in [0.15, 0.2) is 0 Å². The van der Waals surface area contributed by atoms with E-state index in [1.54, 1.807) is 6.07 Å². The van der Waals surface area contributed by atoms with Crippen LogP contribution in [0.5, 0.6) is 0 Å². The smallest absolute Gasteiger partial charge is 0.127 e. The van der Waals surface area contributed by atoms with Gasteiger partial charge in [0, 0.05) is 40.0 Å². The van der Waals surface area contributed by atoms with Crippen molar-refractivity contribution in [3.63, 3.8) is 0 Å². The van der Waals surface area contributed by atoms with E-state index >= 15 is 0 Å². The zero-order valence-corrected chi connectivity index (χ0v) is 10.8. The molecule has 0 amide bonds. The third-order valence-corrected chi connectivity index (χ3v) is 4.63. The lowest BCUT2D eigenvalue weighted by atomic mass is 10.0. The van der Waals surface area contributed by atoms with Crippen LogP contribution in [0.3, 0.4) is 0 Å². The molecule has 1 aromatic carbocycles. The summed E-state index contributed by atoms with van der Waals surface area (Å²) in [5.74, 6) is 1.37. The Morgan fingerprint density at radius 2 is 2.00 bits per heavy atom. The van der Waals surface area contributed by atoms with Crippen molar-refractivity contribution in [1.82, 2.24) is 5.32 Å². The van der Waals surface area contributed by atoms with Crippen LogP contribution in [0.4, 0.5) is 4.39 Å². The number of hydrogen-bond acceptors (Lipinski definition) is 2. The van der Waals surface area contributed by atoms with Crippen molar-refractivity contribution in [3.8, 4) is 0 Å². The molecule has 1 aliphatic heterocycles. The third kappa shape index (κ3) is 3.36. The van der Waals surface area contributed by atoms with Crippen LogP contribution in [-0.2, 0) is 10.8 Å². The molecule has 1 N–H and O–H groups in total. The van der Waals surface area contributed by atoms with E-state index < -0.39 is 10.8 Å². The fourth-order valence-electron chi connectivity index (χ4n) is 2.23. The van der Waals surface area contributed by atoms with Crippen molar-refractivity contribution in [1.29, 1.82) is 0 Å². The Kier molecular flexibility index (Phi) is 4.29. The highest BCUT2D eigenvalue weighted by atomic mass is 32.2. The summed E-state index contributed by atoms with van der Waals surface area (Å²) in [5.41, 5.74) is 0.708. The summed E-state index contributed by atoms with van der Waals surface area (Å²) < 4.78 is 24.8. The molecule has 17 heavy (non-hydrogen) atoms. The topological polar surface area (TPSA) is 29.1 Å². The highest BCUT2D eigenvalue weighted by Gasteiger charge is 2.20. The van der Waals surface area contributed by atoms with Crippen LogP contribution in [0.25, 0.3) is 0 Å². The SMILES string of the molecule is C[C@@H](NC1CCS(=O)CC1)c1ccccc1F. The summed E-state index contributed by atoms with van der Waals surface area (Å²) in [6, 6.07) is 7.23. The monoisotopic (exact) mass is 255 g/mol. The fourth-order valence-corrected chi connectivity index (χ4v) is 3.53. The first kappa shape index (κ1) is 12.7. The number of rotatable bonds is 3. The van der Waals surface area contributed by atoms with Gasteiger partial charge in [-0.05, 0) is 25.8 Å². The van der Waals surface area contributed by atoms with Gasteiger partial charge in [-0.15, -0.1) is 0 Å². The molecule has 0 radical (unpaired) electrons. The Hall–Kier alpha value is -0.740. The molecular weight excluding hydrogens is 237 g/mol. The Labute approximate surface area is 104 Å². The summed E-state index contributed by atoms with van der Waals surface area (Å²) in [6.07, 6.45) is 1.84. The number of hydrogen-bond donors (Lipinski definition) is 1. The summed E-state index contributed by atoms with van der Waals surface area (Å²) in [5, 5.41) is 3.42. The quantitative estimate of drug-likeness (QED) is 0.898. The maximum absolute atomic E-state index is 13.6. The minimum Gasteiger partial charge on any atom is -0.307 e. The molecule has 0 spiro atoms. The van der Waals surface area contributed by atoms with Crippen LogP contribution in [0.2, 0.25) is 0 Å². The first-order valence-electron chi connectivity index (χ1n) is 6.02. The van der Waals surface area contributed by atoms with Gasteiger partial charge >= 0.3 is 0 Å². The lowest BCUT2D eigenvalue weighted by molar-refractivity contribution is 0.417. The molecule has 0 saturated carbocycles. The van der Waals surface area contributed by atoms with Crippen LogP contribution in [-0.4, -0.2) is 21.8 Å². The van der Waals surface area contributed by atoms with Gasteiger partial charge in [0.2, 0.25) is 0 Å². The van der Waals surface area contributed by atoms with Gasteiger partial charge in [-0.25, -0.2) is 4.39 Å². The second-order valence-electron chi connectivity index (χ2n) is 4.53. The third-order valence-electron chi connectivity index (χ3n) is 3.25. The van der Waals surface area contributed by atoms with E-state index in [1.165, 1.54) is 6.07 Å². The molecule has 4 heteroatoms. The van der Waals surface area contributed by atoms with E-state index in [-0.39, 0.29) is 11.9 Å². The average molecular weight is 255 g/mol. The maximum Gasteiger partial charge on any atom is 0.127 e. The van der Waals surface area contributed by atoms with Crippen molar-refractivity contribution >= 4 is 10.8 Å². The zero-order valence-electron chi connectivity index (χ0n) is 9.99. The van der Waals surface area contributed by atoms with E-state index in [4.69, 9.17) is 0 Å². The highest BCUT2D eigenvalue weighted by Crippen LogP contribution is 2.19. The molecule has 2 nitrogen and oxygen atoms in total. The second-order valence-corrected chi connectivity index (χ2v) is 6.23. The molecule has 0 bridgehead atoms. The normalized spacial score (nSPS) is 26.7. The van der Waals surface area contributed by atoms with Crippen LogP contribution in [0.1, 0.15) is 31.4 Å². The summed E-state index contributed by atoms with van der Waals surface area (Å²) in [6.45, 7) is 1.98. The Morgan fingerprint density at radius 1 is 1.35 bits per heavy atom. The zero-order chi connectivity index (χ0) is 12.3. The van der Waals surface area contributed by atoms with Gasteiger partial charge in [0.25, 0.3) is 0 Å². The van der Waals surface area contributed by atoms with Gasteiger partial charge in [0.1, 0.15) is 5.82 Å². The molecule has 0 unspecified atom stereocenters. The number of benzene rings is 1. The van der Waals surface area contributed by atoms with Gasteiger partial charge in [0.05, 0.1) is 0 Å². The molecule has 1 atom stereocenters. The van der Waals surface area contributed by atoms with Gasteiger partial charge in [-0.1, -0.05) is 18.2 Å². The molecule has 1 fully saturated rings. The largest absolute Gasteiger partial charge is 0.307 e. The predicted octanol–water partition coefficient (Wildman–Crippen LogP) is 2.39. The van der Waals surface area contributed by atoms with Crippen molar-refractivity contribution in [3.05, 3.63) is 35.6 Å². The van der Waals surface area contributed by atoms with E-state index in [2.05, 4.69) is 5.32 Å². The van der Waals surface area contributed by atoms with E-state index in [0.29, 0.717) is 11.6 Å². The summed E-state index contributed by atoms with van der Waals surface area (Å²) >= 11 is 0. The Balaban J connectivity index is 1.95. The molecule has 2 rings (SSSR count).